The number of pyridine rings is 1. The number of likely N-dealkylation sites (tertiary alicyclic amines) is 1. The van der Waals surface area contributed by atoms with Crippen LogP contribution in [0.15, 0.2) is 48.7 Å². The predicted octanol–water partition coefficient (Wildman–Crippen LogP) is 4.55. The summed E-state index contributed by atoms with van der Waals surface area (Å²) < 4.78 is 18.8. The zero-order valence-electron chi connectivity index (χ0n) is 18.9. The molecule has 1 fully saturated rings. The van der Waals surface area contributed by atoms with Crippen LogP contribution in [0.4, 0.5) is 16.0 Å². The van der Waals surface area contributed by atoms with Crippen LogP contribution in [0.1, 0.15) is 42.3 Å². The lowest BCUT2D eigenvalue weighted by Gasteiger charge is -2.32. The van der Waals surface area contributed by atoms with Crippen LogP contribution in [0.3, 0.4) is 0 Å². The van der Waals surface area contributed by atoms with Gasteiger partial charge < -0.3 is 15.0 Å². The van der Waals surface area contributed by atoms with E-state index in [1.54, 1.807) is 18.3 Å². The maximum atomic E-state index is 13.2. The fourth-order valence-electron chi connectivity index (χ4n) is 4.05. The van der Waals surface area contributed by atoms with Crippen molar-refractivity contribution in [1.82, 2.24) is 19.9 Å². The van der Waals surface area contributed by atoms with Crippen molar-refractivity contribution in [1.29, 1.82) is 0 Å². The third-order valence-electron chi connectivity index (χ3n) is 5.60. The van der Waals surface area contributed by atoms with Crippen LogP contribution in [0.25, 0.3) is 0 Å². The first kappa shape index (κ1) is 22.6. The van der Waals surface area contributed by atoms with Gasteiger partial charge in [0.05, 0.1) is 24.9 Å². The molecule has 0 spiro atoms. The van der Waals surface area contributed by atoms with E-state index in [-0.39, 0.29) is 30.7 Å². The summed E-state index contributed by atoms with van der Waals surface area (Å²) >= 11 is 0. The summed E-state index contributed by atoms with van der Waals surface area (Å²) in [7, 11) is 0. The van der Waals surface area contributed by atoms with Gasteiger partial charge in [-0.2, -0.15) is 0 Å². The van der Waals surface area contributed by atoms with Gasteiger partial charge in [0.25, 0.3) is 0 Å². The minimum absolute atomic E-state index is 0.0429. The maximum absolute atomic E-state index is 13.2. The van der Waals surface area contributed by atoms with Gasteiger partial charge in [-0.05, 0) is 57.0 Å². The van der Waals surface area contributed by atoms with E-state index in [0.717, 1.165) is 42.2 Å². The molecule has 1 N–H and O–H groups in total. The molecule has 0 bridgehead atoms. The van der Waals surface area contributed by atoms with Crippen LogP contribution in [0.5, 0.6) is 5.75 Å². The second kappa shape index (κ2) is 10.4. The van der Waals surface area contributed by atoms with Crippen molar-refractivity contribution < 1.29 is 13.9 Å². The Morgan fingerprint density at radius 2 is 2.00 bits per heavy atom. The Labute approximate surface area is 193 Å². The van der Waals surface area contributed by atoms with Crippen molar-refractivity contribution in [2.75, 3.05) is 25.0 Å². The summed E-state index contributed by atoms with van der Waals surface area (Å²) in [6.45, 7) is 5.47. The van der Waals surface area contributed by atoms with Gasteiger partial charge in [-0.3, -0.25) is 9.78 Å². The van der Waals surface area contributed by atoms with Gasteiger partial charge >= 0.3 is 0 Å². The van der Waals surface area contributed by atoms with Crippen molar-refractivity contribution in [3.05, 3.63) is 71.6 Å². The molecule has 3 heterocycles. The van der Waals surface area contributed by atoms with E-state index < -0.39 is 0 Å². The van der Waals surface area contributed by atoms with Gasteiger partial charge in [-0.15, -0.1) is 0 Å². The Bertz CT molecular complexity index is 1090. The number of aromatic nitrogens is 3. The molecule has 0 aliphatic carbocycles. The predicted molar refractivity (Wildman–Crippen MR) is 124 cm³/mol. The number of carbonyl (C=O) groups is 1. The summed E-state index contributed by atoms with van der Waals surface area (Å²) in [5.74, 6) is 0.869. The second-order valence-electron chi connectivity index (χ2n) is 8.31. The van der Waals surface area contributed by atoms with Gasteiger partial charge in [-0.25, -0.2) is 14.4 Å². The highest BCUT2D eigenvalue weighted by Crippen LogP contribution is 2.27. The SMILES string of the molecule is Cc1cc(C)nc(Nc2ccc([C@H]3CCCN(C(=O)CCOc4cccc(F)c4)C3)nc2)n1. The number of ether oxygens (including phenoxy) is 1. The Kier molecular flexibility index (Phi) is 7.12. The quantitative estimate of drug-likeness (QED) is 0.570. The highest BCUT2D eigenvalue weighted by atomic mass is 19.1. The molecule has 7 nitrogen and oxygen atoms in total. The highest BCUT2D eigenvalue weighted by molar-refractivity contribution is 5.76. The first-order chi connectivity index (χ1) is 16.0. The Morgan fingerprint density at radius 3 is 2.73 bits per heavy atom. The number of halogens is 1. The van der Waals surface area contributed by atoms with Crippen molar-refractivity contribution >= 4 is 17.5 Å². The Morgan fingerprint density at radius 1 is 1.18 bits per heavy atom. The van der Waals surface area contributed by atoms with Crippen LogP contribution in [-0.4, -0.2) is 45.5 Å². The average molecular weight is 450 g/mol. The molecule has 1 atom stereocenters. The highest BCUT2D eigenvalue weighted by Gasteiger charge is 2.25. The molecule has 8 heteroatoms. The fraction of sp³-hybridized carbons (Fsp3) is 0.360. The van der Waals surface area contributed by atoms with Crippen molar-refractivity contribution in [3.63, 3.8) is 0 Å². The molecule has 1 saturated heterocycles. The molecular formula is C25H28FN5O2. The summed E-state index contributed by atoms with van der Waals surface area (Å²) in [5.41, 5.74) is 3.60. The van der Waals surface area contributed by atoms with Crippen LogP contribution in [0.2, 0.25) is 0 Å². The smallest absolute Gasteiger partial charge is 0.227 e. The fourth-order valence-corrected chi connectivity index (χ4v) is 4.05. The minimum atomic E-state index is -0.354. The van der Waals surface area contributed by atoms with Gasteiger partial charge in [0.2, 0.25) is 11.9 Å². The number of hydrogen-bond acceptors (Lipinski definition) is 6. The number of benzene rings is 1. The normalized spacial score (nSPS) is 15.8. The molecule has 33 heavy (non-hydrogen) atoms. The van der Waals surface area contributed by atoms with E-state index in [1.165, 1.54) is 12.1 Å². The van der Waals surface area contributed by atoms with E-state index in [2.05, 4.69) is 20.3 Å². The lowest BCUT2D eigenvalue weighted by Crippen LogP contribution is -2.39. The molecule has 2 aromatic heterocycles. The molecule has 0 saturated carbocycles. The molecule has 172 valence electrons. The van der Waals surface area contributed by atoms with Crippen LogP contribution in [-0.2, 0) is 4.79 Å². The number of rotatable bonds is 7. The summed E-state index contributed by atoms with van der Waals surface area (Å²) in [6, 6.07) is 11.8. The molecule has 0 unspecified atom stereocenters. The van der Waals surface area contributed by atoms with Crippen molar-refractivity contribution in [3.8, 4) is 5.75 Å². The first-order valence-electron chi connectivity index (χ1n) is 11.2. The lowest BCUT2D eigenvalue weighted by atomic mass is 9.94. The third kappa shape index (κ3) is 6.25. The number of hydrogen-bond donors (Lipinski definition) is 1. The number of aryl methyl sites for hydroxylation is 2. The summed E-state index contributed by atoms with van der Waals surface area (Å²) in [6.07, 6.45) is 3.96. The van der Waals surface area contributed by atoms with Crippen LogP contribution < -0.4 is 10.1 Å². The molecule has 0 radical (unpaired) electrons. The largest absolute Gasteiger partial charge is 0.493 e. The number of piperidine rings is 1. The lowest BCUT2D eigenvalue weighted by molar-refractivity contribution is -0.132. The summed E-state index contributed by atoms with van der Waals surface area (Å²) in [4.78, 5) is 28.0. The molecule has 4 rings (SSSR count). The zero-order valence-corrected chi connectivity index (χ0v) is 18.9. The minimum Gasteiger partial charge on any atom is -0.493 e. The van der Waals surface area contributed by atoms with Gasteiger partial charge in [0, 0.05) is 42.2 Å². The number of nitrogens with zero attached hydrogens (tertiary/aromatic N) is 4. The number of nitrogens with one attached hydrogen (secondary N) is 1. The van der Waals surface area contributed by atoms with E-state index >= 15 is 0 Å². The standard InChI is InChI=1S/C25H28FN5O2/c1-17-13-18(2)29-25(28-17)30-21-8-9-23(27-15-21)19-5-4-11-31(16-19)24(32)10-12-33-22-7-3-6-20(26)14-22/h3,6-9,13-15,19H,4-5,10-12,16H2,1-2H3,(H,28,29,30)/t19-/m0/s1. The van der Waals surface area contributed by atoms with E-state index in [0.29, 0.717) is 18.2 Å². The third-order valence-corrected chi connectivity index (χ3v) is 5.60. The average Bonchev–Trinajstić information content (AvgIpc) is 2.79. The molecule has 1 aliphatic rings. The monoisotopic (exact) mass is 449 g/mol. The topological polar surface area (TPSA) is 80.2 Å². The molecular weight excluding hydrogens is 421 g/mol. The van der Waals surface area contributed by atoms with Crippen LogP contribution in [0, 0.1) is 19.7 Å². The Balaban J connectivity index is 1.30. The van der Waals surface area contributed by atoms with E-state index in [9.17, 15) is 9.18 Å². The van der Waals surface area contributed by atoms with Crippen LogP contribution >= 0.6 is 0 Å². The molecule has 3 aromatic rings. The summed E-state index contributed by atoms with van der Waals surface area (Å²) in [5, 5.41) is 3.20. The van der Waals surface area contributed by atoms with Gasteiger partial charge in [0.15, 0.2) is 0 Å². The van der Waals surface area contributed by atoms with Gasteiger partial charge in [0.1, 0.15) is 11.6 Å². The molecule has 1 aromatic carbocycles. The van der Waals surface area contributed by atoms with Gasteiger partial charge in [-0.1, -0.05) is 6.07 Å². The van der Waals surface area contributed by atoms with Crippen molar-refractivity contribution in [2.45, 2.75) is 39.0 Å². The Hall–Kier alpha value is -3.55. The van der Waals surface area contributed by atoms with Crippen molar-refractivity contribution in [2.24, 2.45) is 0 Å². The van der Waals surface area contributed by atoms with E-state index in [1.807, 2.05) is 36.9 Å². The van der Waals surface area contributed by atoms with E-state index in [4.69, 9.17) is 4.74 Å². The number of amides is 1. The molecule has 1 aliphatic heterocycles. The second-order valence-corrected chi connectivity index (χ2v) is 8.31. The number of carbonyl (C=O) groups excluding carboxylic acids is 1. The maximum Gasteiger partial charge on any atom is 0.227 e. The zero-order chi connectivity index (χ0) is 23.2. The molecule has 1 amide bonds. The first-order valence-corrected chi connectivity index (χ1v) is 11.2. The number of anilines is 2.